The van der Waals surface area contributed by atoms with Gasteiger partial charge in [-0.2, -0.15) is 0 Å². The minimum Gasteiger partial charge on any atom is -0.381 e. The van der Waals surface area contributed by atoms with Gasteiger partial charge >= 0.3 is 0 Å². The van der Waals surface area contributed by atoms with E-state index in [-0.39, 0.29) is 0 Å². The average Bonchev–Trinajstić information content (AvgIpc) is 2.36. The number of benzene rings is 1. The van der Waals surface area contributed by atoms with Crippen molar-refractivity contribution in [1.82, 2.24) is 0 Å². The summed E-state index contributed by atoms with van der Waals surface area (Å²) in [6, 6.07) is 7.26. The molecule has 92 valence electrons. The molecule has 0 aromatic heterocycles. The van der Waals surface area contributed by atoms with Crippen LogP contribution in [0, 0.1) is 0 Å². The molecule has 1 aromatic rings. The van der Waals surface area contributed by atoms with Crippen molar-refractivity contribution in [3.8, 4) is 0 Å². The van der Waals surface area contributed by atoms with Crippen LogP contribution in [0.4, 0.5) is 17.1 Å². The number of nitrogens with one attached hydrogen (secondary N) is 1. The van der Waals surface area contributed by atoms with E-state index in [9.17, 15) is 0 Å². The molecule has 0 bridgehead atoms. The Balaban J connectivity index is 2.03. The highest BCUT2D eigenvalue weighted by molar-refractivity contribution is 5.87. The molecular weight excluding hydrogens is 210 g/mol. The Morgan fingerprint density at radius 3 is 3.06 bits per heavy atom. The maximum atomic E-state index is 3.59. The molecule has 0 amide bonds. The lowest BCUT2D eigenvalue weighted by Crippen LogP contribution is -2.50. The molecule has 0 aliphatic carbocycles. The Morgan fingerprint density at radius 1 is 1.35 bits per heavy atom. The maximum absolute atomic E-state index is 3.59. The summed E-state index contributed by atoms with van der Waals surface area (Å²) in [6.07, 6.45) is 2.54. The van der Waals surface area contributed by atoms with E-state index in [1.54, 1.807) is 0 Å². The number of para-hydroxylation sites is 1. The second-order valence-electron chi connectivity index (χ2n) is 5.11. The van der Waals surface area contributed by atoms with E-state index in [0.717, 1.165) is 19.6 Å². The van der Waals surface area contributed by atoms with Gasteiger partial charge in [0.25, 0.3) is 0 Å². The van der Waals surface area contributed by atoms with E-state index < -0.39 is 0 Å². The van der Waals surface area contributed by atoms with Crippen molar-refractivity contribution >= 4 is 17.1 Å². The first-order valence-corrected chi connectivity index (χ1v) is 6.66. The van der Waals surface area contributed by atoms with Crippen LogP contribution >= 0.6 is 0 Å². The van der Waals surface area contributed by atoms with Crippen LogP contribution in [-0.2, 0) is 0 Å². The summed E-state index contributed by atoms with van der Waals surface area (Å²) in [5.41, 5.74) is 4.11. The molecule has 2 aliphatic heterocycles. The van der Waals surface area contributed by atoms with E-state index in [0.29, 0.717) is 6.04 Å². The molecule has 2 heterocycles. The minimum absolute atomic E-state index is 0.669. The topological polar surface area (TPSA) is 18.5 Å². The lowest BCUT2D eigenvalue weighted by Gasteiger charge is -2.46. The molecule has 0 saturated heterocycles. The predicted molar refractivity (Wildman–Crippen MR) is 74.2 cm³/mol. The van der Waals surface area contributed by atoms with Crippen molar-refractivity contribution in [1.29, 1.82) is 0 Å². The normalized spacial score (nSPS) is 22.1. The van der Waals surface area contributed by atoms with Crippen molar-refractivity contribution < 1.29 is 0 Å². The van der Waals surface area contributed by atoms with E-state index in [1.165, 1.54) is 29.9 Å². The Labute approximate surface area is 103 Å². The van der Waals surface area contributed by atoms with Crippen molar-refractivity contribution in [3.63, 3.8) is 0 Å². The fourth-order valence-electron chi connectivity index (χ4n) is 3.07. The van der Waals surface area contributed by atoms with Crippen LogP contribution in [0.15, 0.2) is 18.2 Å². The van der Waals surface area contributed by atoms with Gasteiger partial charge in [-0.05, 0) is 18.6 Å². The molecule has 17 heavy (non-hydrogen) atoms. The summed E-state index contributed by atoms with van der Waals surface area (Å²) in [5, 5.41) is 3.59. The molecule has 1 atom stereocenters. The number of hydrogen-bond donors (Lipinski definition) is 1. The first kappa shape index (κ1) is 10.8. The van der Waals surface area contributed by atoms with Gasteiger partial charge in [0.05, 0.1) is 17.1 Å². The smallest absolute Gasteiger partial charge is 0.0843 e. The highest BCUT2D eigenvalue weighted by Crippen LogP contribution is 2.42. The minimum atomic E-state index is 0.669. The van der Waals surface area contributed by atoms with Gasteiger partial charge in [-0.25, -0.2) is 0 Å². The van der Waals surface area contributed by atoms with Crippen LogP contribution in [0.3, 0.4) is 0 Å². The molecule has 0 saturated carbocycles. The Kier molecular flexibility index (Phi) is 2.61. The monoisotopic (exact) mass is 231 g/mol. The summed E-state index contributed by atoms with van der Waals surface area (Å²) >= 11 is 0. The molecule has 0 fully saturated rings. The van der Waals surface area contributed by atoms with Gasteiger partial charge in [0.15, 0.2) is 0 Å². The first-order valence-electron chi connectivity index (χ1n) is 6.66. The first-order chi connectivity index (χ1) is 8.31. The lowest BCUT2D eigenvalue weighted by molar-refractivity contribution is 0.542. The fourth-order valence-corrected chi connectivity index (χ4v) is 3.07. The SMILES string of the molecule is CCCC1CNc2cccc3c2N1CCN3C. The Morgan fingerprint density at radius 2 is 2.24 bits per heavy atom. The van der Waals surface area contributed by atoms with E-state index in [2.05, 4.69) is 47.3 Å². The number of rotatable bonds is 2. The van der Waals surface area contributed by atoms with E-state index in [4.69, 9.17) is 0 Å². The highest BCUT2D eigenvalue weighted by Gasteiger charge is 2.31. The third-order valence-electron chi connectivity index (χ3n) is 3.98. The van der Waals surface area contributed by atoms with Gasteiger partial charge in [-0.15, -0.1) is 0 Å². The van der Waals surface area contributed by atoms with Gasteiger partial charge in [0.2, 0.25) is 0 Å². The van der Waals surface area contributed by atoms with Crippen LogP contribution in [-0.4, -0.2) is 32.7 Å². The van der Waals surface area contributed by atoms with Crippen molar-refractivity contribution in [2.45, 2.75) is 25.8 Å². The van der Waals surface area contributed by atoms with Crippen LogP contribution in [0.5, 0.6) is 0 Å². The van der Waals surface area contributed by atoms with Gasteiger partial charge in [-0.1, -0.05) is 19.4 Å². The molecular formula is C14H21N3. The van der Waals surface area contributed by atoms with Gasteiger partial charge in [0.1, 0.15) is 0 Å². The number of nitrogens with zero attached hydrogens (tertiary/aromatic N) is 2. The zero-order valence-electron chi connectivity index (χ0n) is 10.7. The fraction of sp³-hybridized carbons (Fsp3) is 0.571. The quantitative estimate of drug-likeness (QED) is 0.844. The zero-order valence-corrected chi connectivity index (χ0v) is 10.7. The Bertz CT molecular complexity index is 416. The van der Waals surface area contributed by atoms with Crippen LogP contribution < -0.4 is 15.1 Å². The summed E-state index contributed by atoms with van der Waals surface area (Å²) < 4.78 is 0. The number of likely N-dealkylation sites (N-methyl/N-ethyl adjacent to an activating group) is 1. The van der Waals surface area contributed by atoms with Crippen LogP contribution in [0.25, 0.3) is 0 Å². The predicted octanol–water partition coefficient (Wildman–Crippen LogP) is 2.54. The third-order valence-corrected chi connectivity index (χ3v) is 3.98. The summed E-state index contributed by atoms with van der Waals surface area (Å²) in [6.45, 7) is 5.66. The summed E-state index contributed by atoms with van der Waals surface area (Å²) in [5.74, 6) is 0. The molecule has 1 unspecified atom stereocenters. The Hall–Kier alpha value is -1.38. The highest BCUT2D eigenvalue weighted by atomic mass is 15.3. The average molecular weight is 231 g/mol. The van der Waals surface area contributed by atoms with Crippen molar-refractivity contribution in [2.24, 2.45) is 0 Å². The summed E-state index contributed by atoms with van der Waals surface area (Å²) in [7, 11) is 2.19. The number of anilines is 3. The molecule has 3 heteroatoms. The molecule has 0 spiro atoms. The molecule has 3 rings (SSSR count). The second kappa shape index (κ2) is 4.13. The van der Waals surface area contributed by atoms with E-state index in [1.807, 2.05) is 0 Å². The van der Waals surface area contributed by atoms with Crippen molar-refractivity contribution in [3.05, 3.63) is 18.2 Å². The lowest BCUT2D eigenvalue weighted by atomic mass is 10.0. The second-order valence-corrected chi connectivity index (χ2v) is 5.11. The zero-order chi connectivity index (χ0) is 11.8. The van der Waals surface area contributed by atoms with Gasteiger partial charge in [-0.3, -0.25) is 0 Å². The molecule has 2 aliphatic rings. The third kappa shape index (κ3) is 1.65. The molecule has 1 N–H and O–H groups in total. The summed E-state index contributed by atoms with van der Waals surface area (Å²) in [4.78, 5) is 4.98. The standard InChI is InChI=1S/C14H21N3/c1-3-5-11-10-15-12-6-4-7-13-14(12)17(11)9-8-16(13)2/h4,6-7,11,15H,3,5,8-10H2,1-2H3. The molecule has 0 radical (unpaired) electrons. The van der Waals surface area contributed by atoms with Crippen molar-refractivity contribution in [2.75, 3.05) is 41.8 Å². The van der Waals surface area contributed by atoms with Crippen LogP contribution in [0.1, 0.15) is 19.8 Å². The van der Waals surface area contributed by atoms with Gasteiger partial charge in [0, 0.05) is 32.7 Å². The van der Waals surface area contributed by atoms with E-state index >= 15 is 0 Å². The van der Waals surface area contributed by atoms with Gasteiger partial charge < -0.3 is 15.1 Å². The molecule has 3 nitrogen and oxygen atoms in total. The maximum Gasteiger partial charge on any atom is 0.0843 e. The molecule has 1 aromatic carbocycles. The number of hydrogen-bond acceptors (Lipinski definition) is 3. The largest absolute Gasteiger partial charge is 0.381 e. The van der Waals surface area contributed by atoms with Crippen LogP contribution in [0.2, 0.25) is 0 Å².